The Bertz CT molecular complexity index is 1170. The maximum atomic E-state index is 13.7. The highest BCUT2D eigenvalue weighted by molar-refractivity contribution is 7.89. The van der Waals surface area contributed by atoms with Gasteiger partial charge in [-0.2, -0.15) is 4.31 Å². The van der Waals surface area contributed by atoms with E-state index in [0.717, 1.165) is 42.6 Å². The van der Waals surface area contributed by atoms with Gasteiger partial charge in [0.15, 0.2) is 0 Å². The zero-order valence-electron chi connectivity index (χ0n) is 19.3. The Morgan fingerprint density at radius 2 is 1.88 bits per heavy atom. The van der Waals surface area contributed by atoms with Gasteiger partial charge in [-0.25, -0.2) is 13.2 Å². The fraction of sp³-hybridized carbons (Fsp3) is 0.520. The molecule has 182 valence electrons. The van der Waals surface area contributed by atoms with Crippen molar-refractivity contribution in [3.05, 3.63) is 58.4 Å². The topological polar surface area (TPSA) is 79.8 Å². The third-order valence-corrected chi connectivity index (χ3v) is 9.37. The molecule has 7 nitrogen and oxygen atoms in total. The highest BCUT2D eigenvalue weighted by atomic mass is 35.5. The van der Waals surface area contributed by atoms with Crippen molar-refractivity contribution in [2.45, 2.75) is 69.0 Å². The monoisotopic (exact) mass is 503 g/mol. The van der Waals surface area contributed by atoms with E-state index in [4.69, 9.17) is 16.3 Å². The maximum absolute atomic E-state index is 13.7. The van der Waals surface area contributed by atoms with Gasteiger partial charge in [0.05, 0.1) is 17.5 Å². The van der Waals surface area contributed by atoms with Crippen LogP contribution in [0.3, 0.4) is 0 Å². The Hall–Kier alpha value is -2.16. The van der Waals surface area contributed by atoms with Crippen LogP contribution in [-0.4, -0.2) is 53.9 Å². The Labute approximate surface area is 206 Å². The lowest BCUT2D eigenvalue weighted by Gasteiger charge is -2.41. The molecule has 1 aromatic carbocycles. The second-order valence-corrected chi connectivity index (χ2v) is 11.9. The smallest absolute Gasteiger partial charge is 0.410 e. The number of piperidine rings is 1. The number of benzene rings is 1. The van der Waals surface area contributed by atoms with Crippen molar-refractivity contribution in [2.24, 2.45) is 5.92 Å². The number of fused-ring (bicyclic) bond motifs is 1. The van der Waals surface area contributed by atoms with Crippen molar-refractivity contribution in [3.63, 3.8) is 0 Å². The summed E-state index contributed by atoms with van der Waals surface area (Å²) in [5.41, 5.74) is 3.04. The fourth-order valence-electron chi connectivity index (χ4n) is 5.21. The number of carbonyl (C=O) groups excluding carboxylic acids is 1. The van der Waals surface area contributed by atoms with Crippen molar-refractivity contribution >= 4 is 27.7 Å². The minimum atomic E-state index is -3.74. The summed E-state index contributed by atoms with van der Waals surface area (Å²) in [4.78, 5) is 19.4. The van der Waals surface area contributed by atoms with E-state index in [1.807, 2.05) is 19.1 Å². The molecule has 2 atom stereocenters. The Morgan fingerprint density at radius 3 is 2.62 bits per heavy atom. The number of amides is 1. The minimum Gasteiger partial charge on any atom is -0.448 e. The summed E-state index contributed by atoms with van der Waals surface area (Å²) in [6.07, 6.45) is 4.83. The number of halogens is 1. The molecule has 0 bridgehead atoms. The molecule has 1 saturated carbocycles. The molecular weight excluding hydrogens is 474 g/mol. The summed E-state index contributed by atoms with van der Waals surface area (Å²) in [5, 5.41) is 0.496. The van der Waals surface area contributed by atoms with Gasteiger partial charge < -0.3 is 9.64 Å². The Morgan fingerprint density at radius 1 is 1.12 bits per heavy atom. The first-order valence-corrected chi connectivity index (χ1v) is 13.8. The summed E-state index contributed by atoms with van der Waals surface area (Å²) in [5.74, 6) is 0.384. The number of hydrogen-bond donors (Lipinski definition) is 0. The third-order valence-electron chi connectivity index (χ3n) is 7.12. The number of sulfonamides is 1. The molecule has 0 radical (unpaired) electrons. The van der Waals surface area contributed by atoms with E-state index in [0.29, 0.717) is 36.9 Å². The third kappa shape index (κ3) is 4.81. The molecule has 1 saturated heterocycles. The molecule has 0 N–H and O–H groups in total. The molecule has 2 aromatic rings. The molecule has 3 aliphatic rings. The predicted octanol–water partition coefficient (Wildman–Crippen LogP) is 4.56. The van der Waals surface area contributed by atoms with Crippen LogP contribution in [0.5, 0.6) is 0 Å². The van der Waals surface area contributed by atoms with E-state index in [1.54, 1.807) is 33.5 Å². The molecule has 2 aliphatic heterocycles. The molecule has 1 aliphatic carbocycles. The van der Waals surface area contributed by atoms with E-state index in [2.05, 4.69) is 4.98 Å². The average molecular weight is 504 g/mol. The Balaban J connectivity index is 1.31. The number of pyridine rings is 1. The van der Waals surface area contributed by atoms with Gasteiger partial charge in [0.25, 0.3) is 0 Å². The average Bonchev–Trinajstić information content (AvgIpc) is 3.67. The highest BCUT2D eigenvalue weighted by Gasteiger charge is 2.46. The van der Waals surface area contributed by atoms with Crippen LogP contribution in [0, 0.1) is 12.8 Å². The van der Waals surface area contributed by atoms with Crippen LogP contribution in [0.25, 0.3) is 0 Å². The van der Waals surface area contributed by atoms with Crippen molar-refractivity contribution in [2.75, 3.05) is 13.2 Å². The van der Waals surface area contributed by atoms with Crippen LogP contribution in [-0.2, 0) is 27.7 Å². The van der Waals surface area contributed by atoms with Gasteiger partial charge in [-0.05, 0) is 74.4 Å². The van der Waals surface area contributed by atoms with Crippen LogP contribution >= 0.6 is 11.6 Å². The van der Waals surface area contributed by atoms with Gasteiger partial charge in [0.1, 0.15) is 6.61 Å². The quantitative estimate of drug-likeness (QED) is 0.597. The largest absolute Gasteiger partial charge is 0.448 e. The summed E-state index contributed by atoms with van der Waals surface area (Å²) in [6.45, 7) is 3.03. The van der Waals surface area contributed by atoms with Crippen LogP contribution in [0.15, 0.2) is 41.3 Å². The lowest BCUT2D eigenvalue weighted by molar-refractivity contribution is 0.0561. The molecule has 5 rings (SSSR count). The number of ether oxygens (including phenoxy) is 1. The zero-order valence-corrected chi connectivity index (χ0v) is 20.9. The van der Waals surface area contributed by atoms with Gasteiger partial charge in [-0.1, -0.05) is 24.1 Å². The van der Waals surface area contributed by atoms with Crippen molar-refractivity contribution in [1.29, 1.82) is 0 Å². The van der Waals surface area contributed by atoms with Crippen LogP contribution in [0.4, 0.5) is 4.79 Å². The molecule has 2 fully saturated rings. The zero-order chi connectivity index (χ0) is 23.9. The van der Waals surface area contributed by atoms with Crippen LogP contribution in [0.2, 0.25) is 5.02 Å². The molecule has 3 heterocycles. The standard InChI is InChI=1S/C25H30ClN3O4S/c1-17-5-6-19-15-28(14-13-23(19)27-17)25(30)33-16-21-3-2-4-24(18-7-8-18)29(21)34(31,32)22-11-9-20(26)10-12-22/h5-6,9-12,18,21,24H,2-4,7-8,13-16H2,1H3/t21-,24+/m1/s1. The number of nitrogens with zero attached hydrogens (tertiary/aromatic N) is 3. The molecule has 34 heavy (non-hydrogen) atoms. The molecule has 1 aromatic heterocycles. The maximum Gasteiger partial charge on any atom is 0.410 e. The van der Waals surface area contributed by atoms with Gasteiger partial charge in [-0.15, -0.1) is 0 Å². The number of aromatic nitrogens is 1. The summed E-state index contributed by atoms with van der Waals surface area (Å²) in [6, 6.07) is 9.86. The van der Waals surface area contributed by atoms with Crippen molar-refractivity contribution in [3.8, 4) is 0 Å². The predicted molar refractivity (Wildman–Crippen MR) is 129 cm³/mol. The minimum absolute atomic E-state index is 0.0469. The summed E-state index contributed by atoms with van der Waals surface area (Å²) < 4.78 is 34.7. The van der Waals surface area contributed by atoms with Crippen molar-refractivity contribution in [1.82, 2.24) is 14.2 Å². The second-order valence-electron chi connectivity index (χ2n) is 9.59. The van der Waals surface area contributed by atoms with Crippen LogP contribution in [0.1, 0.15) is 49.1 Å². The van der Waals surface area contributed by atoms with Crippen LogP contribution < -0.4 is 0 Å². The first-order valence-electron chi connectivity index (χ1n) is 12.0. The van der Waals surface area contributed by atoms with E-state index in [-0.39, 0.29) is 23.6 Å². The molecule has 1 amide bonds. The summed E-state index contributed by atoms with van der Waals surface area (Å²) in [7, 11) is -3.74. The molecule has 0 spiro atoms. The number of aryl methyl sites for hydroxylation is 1. The normalized spacial score (nSPS) is 23.4. The van der Waals surface area contributed by atoms with Gasteiger partial charge in [0.2, 0.25) is 10.0 Å². The van der Waals surface area contributed by atoms with Gasteiger partial charge >= 0.3 is 6.09 Å². The van der Waals surface area contributed by atoms with E-state index in [1.165, 1.54) is 0 Å². The lowest BCUT2D eigenvalue weighted by Crippen LogP contribution is -2.53. The van der Waals surface area contributed by atoms with Gasteiger partial charge in [-0.3, -0.25) is 4.98 Å². The lowest BCUT2D eigenvalue weighted by atomic mass is 9.96. The molecular formula is C25H30ClN3O4S. The van der Waals surface area contributed by atoms with Crippen molar-refractivity contribution < 1.29 is 17.9 Å². The first-order chi connectivity index (χ1) is 16.3. The molecule has 0 unspecified atom stereocenters. The number of rotatable bonds is 5. The number of carbonyl (C=O) groups is 1. The second kappa shape index (κ2) is 9.47. The Kier molecular flexibility index (Phi) is 6.57. The SMILES string of the molecule is Cc1ccc2c(n1)CCN(C(=O)OC[C@H]1CCC[C@@H](C3CC3)N1S(=O)(=O)c1ccc(Cl)cc1)C2. The summed E-state index contributed by atoms with van der Waals surface area (Å²) >= 11 is 5.99. The van der Waals surface area contributed by atoms with E-state index < -0.39 is 16.1 Å². The number of hydrogen-bond acceptors (Lipinski definition) is 5. The fourth-order valence-corrected chi connectivity index (χ4v) is 7.25. The van der Waals surface area contributed by atoms with E-state index in [9.17, 15) is 13.2 Å². The van der Waals surface area contributed by atoms with Gasteiger partial charge in [0, 0.05) is 35.4 Å². The highest BCUT2D eigenvalue weighted by Crippen LogP contribution is 2.43. The van der Waals surface area contributed by atoms with E-state index >= 15 is 0 Å². The first kappa shape index (κ1) is 23.6. The molecule has 9 heteroatoms.